The molecule has 36 heavy (non-hydrogen) atoms. The maximum absolute atomic E-state index is 12.0. The molecular weight excluding hydrogens is 444 g/mol. The summed E-state index contributed by atoms with van der Waals surface area (Å²) in [7, 11) is 0. The molecule has 4 heteroatoms. The van der Waals surface area contributed by atoms with Crippen LogP contribution in [-0.2, 0) is 23.4 Å². The molecular formula is C32H34N2O2. The first kappa shape index (κ1) is 25.2. The second-order valence-corrected chi connectivity index (χ2v) is 9.87. The highest BCUT2D eigenvalue weighted by Crippen LogP contribution is 2.37. The molecule has 0 saturated carbocycles. The topological polar surface area (TPSA) is 50.4 Å². The van der Waals surface area contributed by atoms with Crippen molar-refractivity contribution in [3.8, 4) is 0 Å². The number of hydrogen-bond acceptors (Lipinski definition) is 3. The summed E-state index contributed by atoms with van der Waals surface area (Å²) >= 11 is 0. The molecule has 0 atom stereocenters. The van der Waals surface area contributed by atoms with Gasteiger partial charge in [0.25, 0.3) is 0 Å². The quantitative estimate of drug-likeness (QED) is 0.274. The van der Waals surface area contributed by atoms with E-state index in [9.17, 15) is 4.79 Å². The number of carbonyl (C=O) groups excluding carboxylic acids is 1. The molecule has 0 bridgehead atoms. The van der Waals surface area contributed by atoms with Crippen molar-refractivity contribution < 1.29 is 9.53 Å². The third kappa shape index (κ3) is 6.21. The number of ether oxygens (including phenoxy) is 1. The highest BCUT2D eigenvalue weighted by Gasteiger charge is 2.35. The summed E-state index contributed by atoms with van der Waals surface area (Å²) in [6, 6.07) is 40.0. The van der Waals surface area contributed by atoms with Crippen molar-refractivity contribution in [3.63, 3.8) is 0 Å². The van der Waals surface area contributed by atoms with Crippen LogP contribution in [0.2, 0.25) is 0 Å². The zero-order valence-corrected chi connectivity index (χ0v) is 21.2. The second kappa shape index (κ2) is 11.2. The molecule has 0 fully saturated rings. The predicted molar refractivity (Wildman–Crippen MR) is 146 cm³/mol. The summed E-state index contributed by atoms with van der Waals surface area (Å²) in [5.41, 5.74) is 4.69. The normalized spacial score (nSPS) is 11.6. The van der Waals surface area contributed by atoms with Gasteiger partial charge in [0.2, 0.25) is 0 Å². The minimum atomic E-state index is -0.513. The molecule has 0 radical (unpaired) electrons. The lowest BCUT2D eigenvalue weighted by Gasteiger charge is -2.37. The molecule has 4 aromatic carbocycles. The number of carbonyl (C=O) groups is 1. The monoisotopic (exact) mass is 478 g/mol. The van der Waals surface area contributed by atoms with Crippen LogP contribution in [0.5, 0.6) is 0 Å². The Morgan fingerprint density at radius 2 is 1.00 bits per heavy atom. The molecule has 0 unspecified atom stereocenters. The van der Waals surface area contributed by atoms with Gasteiger partial charge in [0.15, 0.2) is 0 Å². The highest BCUT2D eigenvalue weighted by molar-refractivity contribution is 5.67. The number of benzene rings is 4. The van der Waals surface area contributed by atoms with Gasteiger partial charge in [-0.3, -0.25) is 5.32 Å². The summed E-state index contributed by atoms with van der Waals surface area (Å²) in [6.45, 7) is 6.65. The molecule has 4 aromatic rings. The van der Waals surface area contributed by atoms with E-state index in [1.807, 2.05) is 51.1 Å². The Hall–Kier alpha value is -3.89. The molecule has 4 nitrogen and oxygen atoms in total. The number of amides is 1. The van der Waals surface area contributed by atoms with Crippen molar-refractivity contribution in [2.45, 2.75) is 45.0 Å². The summed E-state index contributed by atoms with van der Waals surface area (Å²) < 4.78 is 5.33. The third-order valence-corrected chi connectivity index (χ3v) is 6.04. The maximum Gasteiger partial charge on any atom is 0.407 e. The van der Waals surface area contributed by atoms with Gasteiger partial charge in [-0.25, -0.2) is 4.79 Å². The summed E-state index contributed by atoms with van der Waals surface area (Å²) in [6.07, 6.45) is -0.411. The molecule has 0 aliphatic carbocycles. The van der Waals surface area contributed by atoms with Crippen molar-refractivity contribution >= 4 is 6.09 Å². The average molecular weight is 479 g/mol. The highest BCUT2D eigenvalue weighted by atomic mass is 16.6. The first-order valence-corrected chi connectivity index (χ1v) is 12.3. The van der Waals surface area contributed by atoms with Gasteiger partial charge in [-0.05, 0) is 48.6 Å². The lowest BCUT2D eigenvalue weighted by molar-refractivity contribution is 0.0523. The van der Waals surface area contributed by atoms with Crippen molar-refractivity contribution in [2.24, 2.45) is 0 Å². The lowest BCUT2D eigenvalue weighted by atomic mass is 9.77. The lowest BCUT2D eigenvalue weighted by Crippen LogP contribution is -2.44. The van der Waals surface area contributed by atoms with Crippen molar-refractivity contribution in [1.82, 2.24) is 10.6 Å². The van der Waals surface area contributed by atoms with Gasteiger partial charge in [0, 0.05) is 13.1 Å². The van der Waals surface area contributed by atoms with Crippen LogP contribution in [0.15, 0.2) is 115 Å². The van der Waals surface area contributed by atoms with E-state index in [1.165, 1.54) is 16.7 Å². The fourth-order valence-electron chi connectivity index (χ4n) is 4.37. The number of hydrogen-bond donors (Lipinski definition) is 2. The van der Waals surface area contributed by atoms with Crippen LogP contribution in [0, 0.1) is 0 Å². The average Bonchev–Trinajstić information content (AvgIpc) is 2.89. The van der Waals surface area contributed by atoms with Crippen molar-refractivity contribution in [2.75, 3.05) is 0 Å². The van der Waals surface area contributed by atoms with Gasteiger partial charge in [0.05, 0.1) is 5.54 Å². The maximum atomic E-state index is 12.0. The van der Waals surface area contributed by atoms with Gasteiger partial charge < -0.3 is 10.1 Å². The number of rotatable bonds is 8. The molecule has 0 spiro atoms. The Morgan fingerprint density at radius 3 is 1.39 bits per heavy atom. The van der Waals surface area contributed by atoms with Crippen molar-refractivity contribution in [3.05, 3.63) is 143 Å². The third-order valence-electron chi connectivity index (χ3n) is 6.04. The van der Waals surface area contributed by atoms with E-state index in [2.05, 4.69) is 95.6 Å². The minimum absolute atomic E-state index is 0.411. The van der Waals surface area contributed by atoms with Gasteiger partial charge in [-0.1, -0.05) is 115 Å². The Bertz CT molecular complexity index is 1140. The van der Waals surface area contributed by atoms with Crippen LogP contribution >= 0.6 is 0 Å². The number of nitrogens with one attached hydrogen (secondary N) is 2. The van der Waals surface area contributed by atoms with Crippen LogP contribution in [0.3, 0.4) is 0 Å². The molecule has 4 rings (SSSR count). The first-order valence-electron chi connectivity index (χ1n) is 12.3. The summed E-state index contributed by atoms with van der Waals surface area (Å²) in [5.74, 6) is 0. The Labute approximate surface area is 214 Å². The Kier molecular flexibility index (Phi) is 7.87. The molecule has 0 saturated heterocycles. The molecule has 0 aliphatic heterocycles. The van der Waals surface area contributed by atoms with Gasteiger partial charge in [-0.2, -0.15) is 0 Å². The molecule has 2 N–H and O–H groups in total. The van der Waals surface area contributed by atoms with E-state index in [0.717, 1.165) is 11.1 Å². The van der Waals surface area contributed by atoms with E-state index < -0.39 is 17.2 Å². The van der Waals surface area contributed by atoms with Gasteiger partial charge in [-0.15, -0.1) is 0 Å². The van der Waals surface area contributed by atoms with Gasteiger partial charge >= 0.3 is 6.09 Å². The van der Waals surface area contributed by atoms with Gasteiger partial charge in [0.1, 0.15) is 5.60 Å². The van der Waals surface area contributed by atoms with E-state index >= 15 is 0 Å². The molecule has 184 valence electrons. The van der Waals surface area contributed by atoms with E-state index in [-0.39, 0.29) is 0 Å². The summed E-state index contributed by atoms with van der Waals surface area (Å²) in [5, 5.41) is 6.72. The zero-order chi connectivity index (χ0) is 25.4. The van der Waals surface area contributed by atoms with Crippen molar-refractivity contribution in [1.29, 1.82) is 0 Å². The smallest absolute Gasteiger partial charge is 0.407 e. The predicted octanol–water partition coefficient (Wildman–Crippen LogP) is 6.79. The fourth-order valence-corrected chi connectivity index (χ4v) is 4.37. The standard InChI is InChI=1S/C32H34N2O2/c1-31(2,3)36-30(35)33-23-25-19-21-26(22-20-25)24-34-32(27-13-7-4-8-14-27,28-15-9-5-10-16-28)29-17-11-6-12-18-29/h4-22,34H,23-24H2,1-3H3,(H,33,35). The van der Waals surface area contributed by atoms with Crippen LogP contribution in [0.4, 0.5) is 4.79 Å². The van der Waals surface area contributed by atoms with Crippen LogP contribution in [0.1, 0.15) is 48.6 Å². The molecule has 0 heterocycles. The SMILES string of the molecule is CC(C)(C)OC(=O)NCc1ccc(CNC(c2ccccc2)(c2ccccc2)c2ccccc2)cc1. The van der Waals surface area contributed by atoms with Crippen LogP contribution in [0.25, 0.3) is 0 Å². The zero-order valence-electron chi connectivity index (χ0n) is 21.2. The first-order chi connectivity index (χ1) is 17.4. The fraction of sp³-hybridized carbons (Fsp3) is 0.219. The minimum Gasteiger partial charge on any atom is -0.444 e. The summed E-state index contributed by atoms with van der Waals surface area (Å²) in [4.78, 5) is 12.0. The Morgan fingerprint density at radius 1 is 0.611 bits per heavy atom. The number of alkyl carbamates (subject to hydrolysis) is 1. The molecule has 1 amide bonds. The van der Waals surface area contributed by atoms with E-state index in [4.69, 9.17) is 4.74 Å². The Balaban J connectivity index is 1.58. The van der Waals surface area contributed by atoms with Crippen LogP contribution < -0.4 is 10.6 Å². The largest absolute Gasteiger partial charge is 0.444 e. The molecule has 0 aliphatic rings. The van der Waals surface area contributed by atoms with E-state index in [0.29, 0.717) is 13.1 Å². The van der Waals surface area contributed by atoms with Crippen LogP contribution in [-0.4, -0.2) is 11.7 Å². The molecule has 0 aromatic heterocycles. The second-order valence-electron chi connectivity index (χ2n) is 9.87. The van der Waals surface area contributed by atoms with E-state index in [1.54, 1.807) is 0 Å².